The number of hydrogen-bond donors (Lipinski definition) is 0. The molecule has 0 aliphatic heterocycles. The van der Waals surface area contributed by atoms with Crippen molar-refractivity contribution in [3.05, 3.63) is 36.2 Å². The molecule has 1 aromatic heterocycles. The molecule has 0 atom stereocenters. The molecule has 86 valence electrons. The normalized spacial score (nSPS) is 11.2. The molecule has 0 N–H and O–H groups in total. The lowest BCUT2D eigenvalue weighted by atomic mass is 10.1. The van der Waals surface area contributed by atoms with Crippen molar-refractivity contribution >= 4 is 0 Å². The van der Waals surface area contributed by atoms with Crippen molar-refractivity contribution in [3.8, 4) is 17.5 Å². The van der Waals surface area contributed by atoms with Gasteiger partial charge in [0.2, 0.25) is 0 Å². The molecule has 2 rings (SSSR count). The van der Waals surface area contributed by atoms with Gasteiger partial charge in [0, 0.05) is 11.1 Å². The molecule has 0 spiro atoms. The second-order valence-electron chi connectivity index (χ2n) is 4.89. The Labute approximate surface area is 101 Å². The van der Waals surface area contributed by atoms with Crippen molar-refractivity contribution in [2.75, 3.05) is 0 Å². The number of rotatable bonds is 1. The summed E-state index contributed by atoms with van der Waals surface area (Å²) in [5.74, 6) is 0.787. The van der Waals surface area contributed by atoms with Crippen molar-refractivity contribution in [1.82, 2.24) is 14.8 Å². The number of aromatic nitrogens is 3. The third-order valence-electron chi connectivity index (χ3n) is 2.52. The van der Waals surface area contributed by atoms with Crippen LogP contribution in [0, 0.1) is 11.3 Å². The molecule has 0 aliphatic carbocycles. The highest BCUT2D eigenvalue weighted by molar-refractivity contribution is 5.58. The average molecular weight is 226 g/mol. The quantitative estimate of drug-likeness (QED) is 0.751. The maximum absolute atomic E-state index is 8.90. The highest BCUT2D eigenvalue weighted by Gasteiger charge is 2.18. The van der Waals surface area contributed by atoms with Gasteiger partial charge < -0.3 is 4.57 Å². The first-order valence-corrected chi connectivity index (χ1v) is 5.43. The molecule has 0 unspecified atom stereocenters. The Morgan fingerprint density at radius 1 is 1.29 bits per heavy atom. The van der Waals surface area contributed by atoms with E-state index in [1.54, 1.807) is 12.4 Å². The number of hydrogen-bond acceptors (Lipinski definition) is 3. The molecule has 1 heterocycles. The summed E-state index contributed by atoms with van der Waals surface area (Å²) < 4.78 is 2.00. The summed E-state index contributed by atoms with van der Waals surface area (Å²) in [6.07, 6.45) is 1.72. The maximum Gasteiger partial charge on any atom is 0.164 e. The van der Waals surface area contributed by atoms with Gasteiger partial charge in [0.15, 0.2) is 5.82 Å². The molecule has 0 saturated carbocycles. The van der Waals surface area contributed by atoms with Crippen LogP contribution in [0.2, 0.25) is 0 Å². The van der Waals surface area contributed by atoms with Crippen LogP contribution in [0.25, 0.3) is 11.4 Å². The Kier molecular flexibility index (Phi) is 2.68. The Balaban J connectivity index is 2.55. The van der Waals surface area contributed by atoms with Crippen LogP contribution in [0.4, 0.5) is 0 Å². The zero-order valence-electron chi connectivity index (χ0n) is 10.2. The van der Waals surface area contributed by atoms with E-state index in [1.807, 2.05) is 22.8 Å². The highest BCUT2D eigenvalue weighted by atomic mass is 15.3. The molecule has 0 fully saturated rings. The van der Waals surface area contributed by atoms with Crippen LogP contribution in [0.15, 0.2) is 30.6 Å². The molecular weight excluding hydrogens is 212 g/mol. The van der Waals surface area contributed by atoms with Crippen molar-refractivity contribution in [3.63, 3.8) is 0 Å². The second kappa shape index (κ2) is 4.02. The molecule has 2 aromatic rings. The minimum Gasteiger partial charge on any atom is -0.308 e. The maximum atomic E-state index is 8.90. The largest absolute Gasteiger partial charge is 0.308 e. The zero-order valence-corrected chi connectivity index (χ0v) is 10.2. The van der Waals surface area contributed by atoms with E-state index in [2.05, 4.69) is 37.0 Å². The summed E-state index contributed by atoms with van der Waals surface area (Å²) >= 11 is 0. The molecule has 0 bridgehead atoms. The molecule has 4 heteroatoms. The lowest BCUT2D eigenvalue weighted by molar-refractivity contribution is 0.400. The fourth-order valence-corrected chi connectivity index (χ4v) is 1.65. The van der Waals surface area contributed by atoms with Crippen LogP contribution in [0.3, 0.4) is 0 Å². The van der Waals surface area contributed by atoms with E-state index in [1.165, 1.54) is 0 Å². The number of nitriles is 1. The van der Waals surface area contributed by atoms with Gasteiger partial charge in [-0.3, -0.25) is 0 Å². The van der Waals surface area contributed by atoms with Gasteiger partial charge in [-0.25, -0.2) is 0 Å². The third kappa shape index (κ3) is 2.18. The molecule has 17 heavy (non-hydrogen) atoms. The summed E-state index contributed by atoms with van der Waals surface area (Å²) in [5.41, 5.74) is 1.46. The molecule has 0 saturated heterocycles. The minimum atomic E-state index is -0.0819. The summed E-state index contributed by atoms with van der Waals surface area (Å²) in [6.45, 7) is 6.27. The fourth-order valence-electron chi connectivity index (χ4n) is 1.65. The molecule has 0 radical (unpaired) electrons. The van der Waals surface area contributed by atoms with Gasteiger partial charge in [-0.15, -0.1) is 10.2 Å². The summed E-state index contributed by atoms with van der Waals surface area (Å²) in [4.78, 5) is 0. The van der Waals surface area contributed by atoms with Crippen molar-refractivity contribution in [2.24, 2.45) is 0 Å². The first kappa shape index (κ1) is 11.3. The van der Waals surface area contributed by atoms with Crippen molar-refractivity contribution < 1.29 is 0 Å². The van der Waals surface area contributed by atoms with E-state index in [-0.39, 0.29) is 5.54 Å². The van der Waals surface area contributed by atoms with E-state index < -0.39 is 0 Å². The minimum absolute atomic E-state index is 0.0819. The third-order valence-corrected chi connectivity index (χ3v) is 2.52. The SMILES string of the molecule is CC(C)(C)n1cnnc1-c1cccc(C#N)c1. The van der Waals surface area contributed by atoms with E-state index >= 15 is 0 Å². The predicted molar refractivity (Wildman–Crippen MR) is 65.2 cm³/mol. The Hall–Kier alpha value is -2.15. The van der Waals surface area contributed by atoms with Crippen LogP contribution in [0.5, 0.6) is 0 Å². The molecule has 0 amide bonds. The van der Waals surface area contributed by atoms with Crippen molar-refractivity contribution in [1.29, 1.82) is 5.26 Å². The van der Waals surface area contributed by atoms with Crippen LogP contribution >= 0.6 is 0 Å². The van der Waals surface area contributed by atoms with Gasteiger partial charge in [0.1, 0.15) is 6.33 Å². The van der Waals surface area contributed by atoms with E-state index in [0.717, 1.165) is 11.4 Å². The molecule has 0 aliphatic rings. The zero-order chi connectivity index (χ0) is 12.5. The topological polar surface area (TPSA) is 54.5 Å². The first-order chi connectivity index (χ1) is 8.02. The summed E-state index contributed by atoms with van der Waals surface area (Å²) in [5, 5.41) is 17.0. The van der Waals surface area contributed by atoms with Gasteiger partial charge in [-0.2, -0.15) is 5.26 Å². The Morgan fingerprint density at radius 3 is 2.71 bits per heavy atom. The van der Waals surface area contributed by atoms with Gasteiger partial charge in [0.05, 0.1) is 11.6 Å². The summed E-state index contributed by atoms with van der Waals surface area (Å²) in [6, 6.07) is 9.53. The van der Waals surface area contributed by atoms with E-state index in [9.17, 15) is 0 Å². The molecule has 4 nitrogen and oxygen atoms in total. The Bertz CT molecular complexity index is 570. The smallest absolute Gasteiger partial charge is 0.164 e. The highest BCUT2D eigenvalue weighted by Crippen LogP contribution is 2.23. The number of benzene rings is 1. The Morgan fingerprint density at radius 2 is 2.06 bits per heavy atom. The van der Waals surface area contributed by atoms with Crippen molar-refractivity contribution in [2.45, 2.75) is 26.3 Å². The standard InChI is InChI=1S/C13H14N4/c1-13(2,3)17-9-15-16-12(17)11-6-4-5-10(7-11)8-14/h4-7,9H,1-3H3. The fraction of sp³-hybridized carbons (Fsp3) is 0.308. The van der Waals surface area contributed by atoms with Crippen LogP contribution < -0.4 is 0 Å². The lowest BCUT2D eigenvalue weighted by Crippen LogP contribution is -2.21. The predicted octanol–water partition coefficient (Wildman–Crippen LogP) is 2.57. The van der Waals surface area contributed by atoms with Gasteiger partial charge >= 0.3 is 0 Å². The van der Waals surface area contributed by atoms with Crippen LogP contribution in [-0.2, 0) is 5.54 Å². The first-order valence-electron chi connectivity index (χ1n) is 5.43. The van der Waals surface area contributed by atoms with E-state index in [4.69, 9.17) is 5.26 Å². The van der Waals surface area contributed by atoms with Gasteiger partial charge in [-0.1, -0.05) is 12.1 Å². The van der Waals surface area contributed by atoms with Gasteiger partial charge in [-0.05, 0) is 32.9 Å². The monoisotopic (exact) mass is 226 g/mol. The van der Waals surface area contributed by atoms with E-state index in [0.29, 0.717) is 5.56 Å². The number of nitrogens with zero attached hydrogens (tertiary/aromatic N) is 4. The van der Waals surface area contributed by atoms with Crippen LogP contribution in [0.1, 0.15) is 26.3 Å². The van der Waals surface area contributed by atoms with Crippen LogP contribution in [-0.4, -0.2) is 14.8 Å². The second-order valence-corrected chi connectivity index (χ2v) is 4.89. The van der Waals surface area contributed by atoms with Gasteiger partial charge in [0.25, 0.3) is 0 Å². The lowest BCUT2D eigenvalue weighted by Gasteiger charge is -2.22. The average Bonchev–Trinajstić information content (AvgIpc) is 2.77. The molecular formula is C13H14N4. The summed E-state index contributed by atoms with van der Waals surface area (Å²) in [7, 11) is 0. The molecule has 1 aromatic carbocycles.